The van der Waals surface area contributed by atoms with E-state index in [9.17, 15) is 0 Å². The molecule has 1 N–H and O–H groups in total. The summed E-state index contributed by atoms with van der Waals surface area (Å²) in [6.45, 7) is 3.85. The van der Waals surface area contributed by atoms with Crippen LogP contribution in [-0.4, -0.2) is 46.6 Å². The van der Waals surface area contributed by atoms with Crippen LogP contribution in [0.4, 0.5) is 5.69 Å². The normalized spacial score (nSPS) is 19.8. The largest absolute Gasteiger partial charge is 0.378 e. The molecular weight excluding hydrogens is 228 g/mol. The van der Waals surface area contributed by atoms with Crippen LogP contribution in [0.1, 0.15) is 5.56 Å². The van der Waals surface area contributed by atoms with Crippen molar-refractivity contribution in [1.29, 1.82) is 0 Å². The van der Waals surface area contributed by atoms with Gasteiger partial charge in [-0.15, -0.1) is 0 Å². The highest BCUT2D eigenvalue weighted by Crippen LogP contribution is 2.12. The molecule has 2 rings (SSSR count). The molecule has 1 aromatic carbocycles. The van der Waals surface area contributed by atoms with Crippen LogP contribution in [-0.2, 0) is 16.0 Å². The van der Waals surface area contributed by atoms with Crippen molar-refractivity contribution >= 4 is 5.69 Å². The zero-order valence-electron chi connectivity index (χ0n) is 11.2. The van der Waals surface area contributed by atoms with Gasteiger partial charge >= 0.3 is 0 Å². The van der Waals surface area contributed by atoms with Crippen molar-refractivity contribution in [2.75, 3.05) is 45.4 Å². The van der Waals surface area contributed by atoms with Gasteiger partial charge in [0.1, 0.15) is 0 Å². The van der Waals surface area contributed by atoms with Crippen LogP contribution in [0.2, 0.25) is 0 Å². The number of hydrogen-bond donors (Lipinski definition) is 1. The molecule has 0 bridgehead atoms. The summed E-state index contributed by atoms with van der Waals surface area (Å²) in [6.07, 6.45) is 0.194. The van der Waals surface area contributed by atoms with Crippen molar-refractivity contribution in [2.45, 2.75) is 12.6 Å². The summed E-state index contributed by atoms with van der Waals surface area (Å²) in [4.78, 5) is 2.10. The van der Waals surface area contributed by atoms with Crippen LogP contribution in [0, 0.1) is 0 Å². The molecule has 1 fully saturated rings. The Bertz CT molecular complexity index is 345. The lowest BCUT2D eigenvalue weighted by Crippen LogP contribution is -2.37. The second kappa shape index (κ2) is 6.73. The summed E-state index contributed by atoms with van der Waals surface area (Å²) < 4.78 is 10.9. The van der Waals surface area contributed by atoms with Gasteiger partial charge in [0, 0.05) is 32.9 Å². The van der Waals surface area contributed by atoms with Crippen LogP contribution in [0.5, 0.6) is 0 Å². The maximum absolute atomic E-state index is 5.57. The SMILES string of the molecule is CN(C)c1ccc(CNCC2COCCO2)cc1. The van der Waals surface area contributed by atoms with E-state index in [0.717, 1.165) is 19.7 Å². The number of nitrogens with one attached hydrogen (secondary N) is 1. The van der Waals surface area contributed by atoms with E-state index in [-0.39, 0.29) is 6.10 Å². The molecular formula is C14H22N2O2. The third-order valence-corrected chi connectivity index (χ3v) is 3.04. The fraction of sp³-hybridized carbons (Fsp3) is 0.571. The maximum atomic E-state index is 5.57. The zero-order chi connectivity index (χ0) is 12.8. The lowest BCUT2D eigenvalue weighted by atomic mass is 10.2. The minimum Gasteiger partial charge on any atom is -0.378 e. The molecule has 1 heterocycles. The lowest BCUT2D eigenvalue weighted by Gasteiger charge is -2.23. The van der Waals surface area contributed by atoms with Crippen LogP contribution in [0.25, 0.3) is 0 Å². The predicted octanol–water partition coefficient (Wildman–Crippen LogP) is 1.26. The smallest absolute Gasteiger partial charge is 0.0933 e. The molecule has 1 aliphatic rings. The molecule has 0 amide bonds. The van der Waals surface area contributed by atoms with E-state index in [1.54, 1.807) is 0 Å². The second-order valence-corrected chi connectivity index (χ2v) is 4.76. The van der Waals surface area contributed by atoms with Gasteiger partial charge in [-0.2, -0.15) is 0 Å². The Morgan fingerprint density at radius 1 is 1.22 bits per heavy atom. The van der Waals surface area contributed by atoms with Crippen LogP contribution < -0.4 is 10.2 Å². The van der Waals surface area contributed by atoms with Gasteiger partial charge in [-0.05, 0) is 17.7 Å². The van der Waals surface area contributed by atoms with Gasteiger partial charge in [0.2, 0.25) is 0 Å². The molecule has 1 atom stereocenters. The lowest BCUT2D eigenvalue weighted by molar-refractivity contribution is -0.0864. The van der Waals surface area contributed by atoms with Gasteiger partial charge in [-0.25, -0.2) is 0 Å². The number of nitrogens with zero attached hydrogens (tertiary/aromatic N) is 1. The monoisotopic (exact) mass is 250 g/mol. The first-order valence-electron chi connectivity index (χ1n) is 6.42. The van der Waals surface area contributed by atoms with Crippen LogP contribution >= 0.6 is 0 Å². The Hall–Kier alpha value is -1.10. The number of ether oxygens (including phenoxy) is 2. The minimum absolute atomic E-state index is 0.194. The summed E-state index contributed by atoms with van der Waals surface area (Å²) in [5.41, 5.74) is 2.51. The molecule has 1 unspecified atom stereocenters. The number of rotatable bonds is 5. The average molecular weight is 250 g/mol. The standard InChI is InChI=1S/C14H22N2O2/c1-16(2)13-5-3-12(4-6-13)9-15-10-14-11-17-7-8-18-14/h3-6,14-15H,7-11H2,1-2H3. The van der Waals surface area contributed by atoms with Crippen molar-refractivity contribution in [1.82, 2.24) is 5.32 Å². The van der Waals surface area contributed by atoms with Crippen molar-refractivity contribution < 1.29 is 9.47 Å². The average Bonchev–Trinajstić information content (AvgIpc) is 2.40. The minimum atomic E-state index is 0.194. The molecule has 1 aromatic rings. The topological polar surface area (TPSA) is 33.7 Å². The van der Waals surface area contributed by atoms with Gasteiger partial charge < -0.3 is 19.7 Å². The first-order valence-corrected chi connectivity index (χ1v) is 6.42. The van der Waals surface area contributed by atoms with E-state index in [2.05, 4.69) is 34.5 Å². The summed E-state index contributed by atoms with van der Waals surface area (Å²) in [5.74, 6) is 0. The summed E-state index contributed by atoms with van der Waals surface area (Å²) in [6, 6.07) is 8.58. The number of anilines is 1. The first-order chi connectivity index (χ1) is 8.75. The van der Waals surface area contributed by atoms with E-state index in [1.165, 1.54) is 11.3 Å². The Kier molecular flexibility index (Phi) is 4.99. The highest BCUT2D eigenvalue weighted by atomic mass is 16.6. The zero-order valence-corrected chi connectivity index (χ0v) is 11.2. The van der Waals surface area contributed by atoms with Gasteiger partial charge in [-0.1, -0.05) is 12.1 Å². The number of benzene rings is 1. The van der Waals surface area contributed by atoms with Gasteiger partial charge in [-0.3, -0.25) is 0 Å². The third-order valence-electron chi connectivity index (χ3n) is 3.04. The van der Waals surface area contributed by atoms with E-state index < -0.39 is 0 Å². The Labute approximate surface area is 109 Å². The molecule has 18 heavy (non-hydrogen) atoms. The first kappa shape index (κ1) is 13.3. The van der Waals surface area contributed by atoms with Gasteiger partial charge in [0.25, 0.3) is 0 Å². The third kappa shape index (κ3) is 3.98. The van der Waals surface area contributed by atoms with Crippen molar-refractivity contribution in [3.63, 3.8) is 0 Å². The molecule has 1 aliphatic heterocycles. The highest BCUT2D eigenvalue weighted by molar-refractivity contribution is 5.45. The Morgan fingerprint density at radius 2 is 2.00 bits per heavy atom. The fourth-order valence-electron chi connectivity index (χ4n) is 1.94. The summed E-state index contributed by atoms with van der Waals surface area (Å²) in [5, 5.41) is 3.40. The fourth-order valence-corrected chi connectivity index (χ4v) is 1.94. The molecule has 0 aromatic heterocycles. The van der Waals surface area contributed by atoms with Gasteiger partial charge in [0.15, 0.2) is 0 Å². The molecule has 100 valence electrons. The maximum Gasteiger partial charge on any atom is 0.0933 e. The highest BCUT2D eigenvalue weighted by Gasteiger charge is 2.13. The molecule has 0 spiro atoms. The molecule has 0 aliphatic carbocycles. The Morgan fingerprint density at radius 3 is 2.61 bits per heavy atom. The van der Waals surface area contributed by atoms with E-state index in [1.807, 2.05) is 14.1 Å². The molecule has 0 radical (unpaired) electrons. The van der Waals surface area contributed by atoms with E-state index >= 15 is 0 Å². The van der Waals surface area contributed by atoms with E-state index in [0.29, 0.717) is 13.2 Å². The van der Waals surface area contributed by atoms with Gasteiger partial charge in [0.05, 0.1) is 25.9 Å². The molecule has 4 heteroatoms. The van der Waals surface area contributed by atoms with Crippen molar-refractivity contribution in [3.05, 3.63) is 29.8 Å². The molecule has 0 saturated carbocycles. The van der Waals surface area contributed by atoms with E-state index in [4.69, 9.17) is 9.47 Å². The molecule has 4 nitrogen and oxygen atoms in total. The van der Waals surface area contributed by atoms with Crippen LogP contribution in [0.15, 0.2) is 24.3 Å². The van der Waals surface area contributed by atoms with Crippen molar-refractivity contribution in [3.8, 4) is 0 Å². The second-order valence-electron chi connectivity index (χ2n) is 4.76. The summed E-state index contributed by atoms with van der Waals surface area (Å²) >= 11 is 0. The van der Waals surface area contributed by atoms with Crippen LogP contribution in [0.3, 0.4) is 0 Å². The van der Waals surface area contributed by atoms with Crippen molar-refractivity contribution in [2.24, 2.45) is 0 Å². The quantitative estimate of drug-likeness (QED) is 0.853. The Balaban J connectivity index is 1.72. The predicted molar refractivity (Wildman–Crippen MR) is 73.0 cm³/mol. The molecule has 1 saturated heterocycles. The number of hydrogen-bond acceptors (Lipinski definition) is 4. The summed E-state index contributed by atoms with van der Waals surface area (Å²) in [7, 11) is 4.10.